The van der Waals surface area contributed by atoms with Gasteiger partial charge in [-0.25, -0.2) is 9.97 Å². The zero-order valence-corrected chi connectivity index (χ0v) is 32.2. The van der Waals surface area contributed by atoms with Crippen LogP contribution in [0, 0.1) is 0 Å². The van der Waals surface area contributed by atoms with Crippen molar-refractivity contribution < 1.29 is 0 Å². The molecule has 57 heavy (non-hydrogen) atoms. The standard InChI is InChI=1S/C51H30N4S2/c1-3-29-17-20-41-40(25-29)44-36-11-5-6-12-37(36)49-45(38-13-7-9-15-42(38)56-49)48(44)55(41)35-24-30(4-2)23-34(27-35)46-50-47(39-14-8-10-16-43(39)57-50)54-51(53-46)32-18-19-33-28-52-22-21-31(33)26-32/h3-28H,1-2H2. The van der Waals surface area contributed by atoms with Crippen molar-refractivity contribution in [2.75, 3.05) is 0 Å². The second-order valence-electron chi connectivity index (χ2n) is 14.5. The van der Waals surface area contributed by atoms with Gasteiger partial charge in [0, 0.05) is 81.0 Å². The fourth-order valence-electron chi connectivity index (χ4n) is 8.74. The largest absolute Gasteiger partial charge is 0.308 e. The predicted octanol–water partition coefficient (Wildman–Crippen LogP) is 14.6. The molecule has 0 bridgehead atoms. The van der Waals surface area contributed by atoms with Crippen LogP contribution in [0.2, 0.25) is 0 Å². The summed E-state index contributed by atoms with van der Waals surface area (Å²) in [6.45, 7) is 8.45. The molecule has 0 unspecified atom stereocenters. The molecule has 0 spiro atoms. The molecule has 0 amide bonds. The highest BCUT2D eigenvalue weighted by Gasteiger charge is 2.24. The Bertz CT molecular complexity index is 3700. The number of hydrogen-bond acceptors (Lipinski definition) is 5. The SMILES string of the molecule is C=Cc1cc(-c2nc(-c3ccc4cnccc4c3)nc3c2sc2ccccc23)cc(-n2c3ccc(C=C)cc3c3c4ccccc4c4sc5ccccc5c4c32)c1. The summed E-state index contributed by atoms with van der Waals surface area (Å²) in [5.74, 6) is 0.692. The Morgan fingerprint density at radius 2 is 1.30 bits per heavy atom. The lowest BCUT2D eigenvalue weighted by Gasteiger charge is -2.14. The quantitative estimate of drug-likeness (QED) is 0.175. The van der Waals surface area contributed by atoms with E-state index in [9.17, 15) is 0 Å². The van der Waals surface area contributed by atoms with Crippen molar-refractivity contribution in [2.24, 2.45) is 0 Å². The second kappa shape index (κ2) is 12.3. The first-order valence-electron chi connectivity index (χ1n) is 18.9. The number of hydrogen-bond donors (Lipinski definition) is 0. The lowest BCUT2D eigenvalue weighted by Crippen LogP contribution is -1.98. The van der Waals surface area contributed by atoms with E-state index in [0.29, 0.717) is 5.82 Å². The summed E-state index contributed by atoms with van der Waals surface area (Å²) in [5.41, 5.74) is 9.33. The minimum Gasteiger partial charge on any atom is -0.308 e. The summed E-state index contributed by atoms with van der Waals surface area (Å²) in [4.78, 5) is 15.0. The average molecular weight is 763 g/mol. The van der Waals surface area contributed by atoms with E-state index in [0.717, 1.165) is 65.5 Å². The van der Waals surface area contributed by atoms with Crippen LogP contribution >= 0.6 is 22.7 Å². The number of fused-ring (bicyclic) bond motifs is 14. The van der Waals surface area contributed by atoms with Gasteiger partial charge in [-0.1, -0.05) is 104 Å². The first-order valence-corrected chi connectivity index (χ1v) is 20.5. The number of benzene rings is 7. The highest BCUT2D eigenvalue weighted by molar-refractivity contribution is 7.27. The van der Waals surface area contributed by atoms with Gasteiger partial charge < -0.3 is 4.57 Å². The van der Waals surface area contributed by atoms with Gasteiger partial charge in [-0.3, -0.25) is 4.98 Å². The Kier molecular flexibility index (Phi) is 6.94. The molecular weight excluding hydrogens is 733 g/mol. The zero-order valence-electron chi connectivity index (χ0n) is 30.5. The van der Waals surface area contributed by atoms with Crippen LogP contribution in [0.15, 0.2) is 159 Å². The Balaban J connectivity index is 1.21. The Morgan fingerprint density at radius 3 is 2.14 bits per heavy atom. The van der Waals surface area contributed by atoms with Gasteiger partial charge in [-0.2, -0.15) is 0 Å². The fraction of sp³-hybridized carbons (Fsp3) is 0. The van der Waals surface area contributed by atoms with Crippen LogP contribution in [0.25, 0.3) is 124 Å². The average Bonchev–Trinajstić information content (AvgIpc) is 3.95. The van der Waals surface area contributed by atoms with Crippen molar-refractivity contribution in [3.63, 3.8) is 0 Å². The molecule has 6 heteroatoms. The van der Waals surface area contributed by atoms with Gasteiger partial charge in [-0.05, 0) is 76.5 Å². The molecule has 5 heterocycles. The lowest BCUT2D eigenvalue weighted by atomic mass is 9.99. The number of pyridine rings is 1. The molecule has 5 aromatic heterocycles. The summed E-state index contributed by atoms with van der Waals surface area (Å²) >= 11 is 3.62. The molecule has 12 rings (SSSR count). The highest BCUT2D eigenvalue weighted by atomic mass is 32.1. The summed E-state index contributed by atoms with van der Waals surface area (Å²) in [5, 5.41) is 10.8. The van der Waals surface area contributed by atoms with Crippen LogP contribution in [0.4, 0.5) is 0 Å². The zero-order chi connectivity index (χ0) is 37.8. The van der Waals surface area contributed by atoms with Gasteiger partial charge in [0.1, 0.15) is 0 Å². The molecule has 0 saturated heterocycles. The highest BCUT2D eigenvalue weighted by Crippen LogP contribution is 2.49. The fourth-order valence-corrected chi connectivity index (χ4v) is 11.1. The molecule has 0 aliphatic heterocycles. The second-order valence-corrected chi connectivity index (χ2v) is 16.6. The maximum Gasteiger partial charge on any atom is 0.160 e. The molecule has 0 saturated carbocycles. The molecule has 0 N–H and O–H groups in total. The van der Waals surface area contributed by atoms with Gasteiger partial charge in [0.15, 0.2) is 5.82 Å². The van der Waals surface area contributed by atoms with Gasteiger partial charge in [-0.15, -0.1) is 22.7 Å². The summed E-state index contributed by atoms with van der Waals surface area (Å²) in [6.07, 6.45) is 7.61. The maximum absolute atomic E-state index is 5.44. The van der Waals surface area contributed by atoms with Crippen molar-refractivity contribution in [1.29, 1.82) is 0 Å². The smallest absolute Gasteiger partial charge is 0.160 e. The van der Waals surface area contributed by atoms with E-state index in [4.69, 9.17) is 9.97 Å². The number of thiophene rings is 2. The van der Waals surface area contributed by atoms with Crippen LogP contribution in [-0.4, -0.2) is 19.5 Å². The molecule has 266 valence electrons. The van der Waals surface area contributed by atoms with E-state index in [1.165, 1.54) is 51.9 Å². The Morgan fingerprint density at radius 1 is 0.544 bits per heavy atom. The van der Waals surface area contributed by atoms with E-state index in [-0.39, 0.29) is 0 Å². The van der Waals surface area contributed by atoms with Gasteiger partial charge >= 0.3 is 0 Å². The van der Waals surface area contributed by atoms with Gasteiger partial charge in [0.2, 0.25) is 0 Å². The summed E-state index contributed by atoms with van der Waals surface area (Å²) in [6, 6.07) is 48.1. The Labute approximate surface area is 334 Å². The van der Waals surface area contributed by atoms with E-state index in [1.807, 2.05) is 41.9 Å². The third kappa shape index (κ3) is 4.75. The maximum atomic E-state index is 5.44. The van der Waals surface area contributed by atoms with Crippen LogP contribution in [-0.2, 0) is 0 Å². The number of nitrogens with zero attached hydrogens (tertiary/aromatic N) is 4. The monoisotopic (exact) mass is 762 g/mol. The van der Waals surface area contributed by atoms with E-state index in [1.54, 1.807) is 11.3 Å². The van der Waals surface area contributed by atoms with Crippen molar-refractivity contribution in [3.05, 3.63) is 170 Å². The Hall–Kier alpha value is -6.99. The van der Waals surface area contributed by atoms with Crippen LogP contribution < -0.4 is 0 Å². The topological polar surface area (TPSA) is 43.6 Å². The lowest BCUT2D eigenvalue weighted by molar-refractivity contribution is 1.18. The van der Waals surface area contributed by atoms with Gasteiger partial charge in [0.05, 0.1) is 26.9 Å². The molecule has 0 radical (unpaired) electrons. The molecular formula is C51H30N4S2. The third-order valence-electron chi connectivity index (χ3n) is 11.3. The van der Waals surface area contributed by atoms with Gasteiger partial charge in [0.25, 0.3) is 0 Å². The molecule has 0 aliphatic carbocycles. The summed E-state index contributed by atoms with van der Waals surface area (Å²) < 4.78 is 7.30. The number of aromatic nitrogens is 4. The predicted molar refractivity (Wildman–Crippen MR) is 246 cm³/mol. The van der Waals surface area contributed by atoms with Crippen molar-refractivity contribution in [1.82, 2.24) is 19.5 Å². The van der Waals surface area contributed by atoms with Crippen LogP contribution in [0.5, 0.6) is 0 Å². The normalized spacial score (nSPS) is 12.0. The van der Waals surface area contributed by atoms with E-state index >= 15 is 0 Å². The van der Waals surface area contributed by atoms with Crippen molar-refractivity contribution in [3.8, 4) is 28.3 Å². The molecule has 0 fully saturated rings. The van der Waals surface area contributed by atoms with Crippen molar-refractivity contribution >= 4 is 119 Å². The molecule has 0 aliphatic rings. The molecule has 12 aromatic rings. The van der Waals surface area contributed by atoms with E-state index in [2.05, 4.69) is 150 Å². The van der Waals surface area contributed by atoms with Crippen LogP contribution in [0.1, 0.15) is 11.1 Å². The van der Waals surface area contributed by atoms with E-state index < -0.39 is 0 Å². The first-order chi connectivity index (χ1) is 28.1. The molecule has 7 aromatic carbocycles. The summed E-state index contributed by atoms with van der Waals surface area (Å²) in [7, 11) is 0. The molecule has 0 atom stereocenters. The third-order valence-corrected chi connectivity index (χ3v) is 13.7. The molecule has 4 nitrogen and oxygen atoms in total. The minimum absolute atomic E-state index is 0.692. The number of rotatable bonds is 5. The van der Waals surface area contributed by atoms with Crippen molar-refractivity contribution in [2.45, 2.75) is 0 Å². The first kappa shape index (κ1) is 32.3. The van der Waals surface area contributed by atoms with Crippen LogP contribution in [0.3, 0.4) is 0 Å². The minimum atomic E-state index is 0.692.